The first-order chi connectivity index (χ1) is 17.7. The average molecular weight is 514 g/mol. The van der Waals surface area contributed by atoms with Crippen molar-refractivity contribution in [2.24, 2.45) is 5.92 Å². The van der Waals surface area contributed by atoms with Gasteiger partial charge in [0.05, 0.1) is 11.6 Å². The maximum absolute atomic E-state index is 13.2. The number of amides is 3. The molecule has 3 N–H and O–H groups in total. The largest absolute Gasteiger partial charge is 0.501 e. The summed E-state index contributed by atoms with van der Waals surface area (Å²) in [5, 5.41) is 16.0. The maximum Gasteiger partial charge on any atom is 0.312 e. The number of nitrogens with one attached hydrogen (secondary N) is 2. The zero-order chi connectivity index (χ0) is 26.3. The van der Waals surface area contributed by atoms with Crippen LogP contribution in [0, 0.1) is 11.7 Å². The van der Waals surface area contributed by atoms with Crippen LogP contribution in [-0.2, 0) is 33.0 Å². The number of hydrogen-bond acceptors (Lipinski definition) is 7. The number of methoxy groups -OCH3 is 1. The van der Waals surface area contributed by atoms with Gasteiger partial charge in [-0.1, -0.05) is 12.1 Å². The number of carbonyl (C=O) groups is 3. The molecule has 11 nitrogen and oxygen atoms in total. The molecule has 3 amide bonds. The maximum atomic E-state index is 13.2. The number of hydrogen-bond donors (Lipinski definition) is 3. The Morgan fingerprint density at radius 1 is 1.16 bits per heavy atom. The second-order valence-corrected chi connectivity index (χ2v) is 9.90. The topological polar surface area (TPSA) is 143 Å². The lowest BCUT2D eigenvalue weighted by atomic mass is 9.77. The van der Waals surface area contributed by atoms with Crippen LogP contribution in [-0.4, -0.2) is 63.6 Å². The van der Waals surface area contributed by atoms with E-state index in [1.807, 2.05) is 0 Å². The fourth-order valence-corrected chi connectivity index (χ4v) is 5.29. The van der Waals surface area contributed by atoms with Crippen LogP contribution in [0.5, 0.6) is 5.75 Å². The van der Waals surface area contributed by atoms with Crippen molar-refractivity contribution in [3.63, 3.8) is 0 Å². The summed E-state index contributed by atoms with van der Waals surface area (Å²) in [6.07, 6.45) is 2.12. The molecule has 12 heteroatoms. The van der Waals surface area contributed by atoms with Crippen LogP contribution in [0.4, 0.5) is 4.39 Å². The third kappa shape index (κ3) is 4.57. The van der Waals surface area contributed by atoms with Gasteiger partial charge in [-0.05, 0) is 49.3 Å². The Morgan fingerprint density at radius 2 is 1.84 bits per heavy atom. The van der Waals surface area contributed by atoms with E-state index in [2.05, 4.69) is 15.6 Å². The van der Waals surface area contributed by atoms with Crippen LogP contribution in [0.3, 0.4) is 0 Å². The zero-order valence-electron chi connectivity index (χ0n) is 20.3. The second kappa shape index (κ2) is 9.58. The van der Waals surface area contributed by atoms with Gasteiger partial charge in [0, 0.05) is 33.3 Å². The molecule has 4 aliphatic rings. The fraction of sp³-hybridized carbons (Fsp3) is 0.480. The van der Waals surface area contributed by atoms with E-state index in [1.165, 1.54) is 33.7 Å². The lowest BCUT2D eigenvalue weighted by Crippen LogP contribution is -2.60. The highest BCUT2D eigenvalue weighted by molar-refractivity contribution is 6.35. The molecule has 0 radical (unpaired) electrons. The Bertz CT molecular complexity index is 1300. The van der Waals surface area contributed by atoms with E-state index < -0.39 is 46.1 Å². The van der Waals surface area contributed by atoms with Crippen molar-refractivity contribution in [2.45, 2.75) is 50.4 Å². The predicted molar refractivity (Wildman–Crippen MR) is 127 cm³/mol. The van der Waals surface area contributed by atoms with Crippen LogP contribution >= 0.6 is 0 Å². The molecule has 2 fully saturated rings. The highest BCUT2D eigenvalue weighted by Crippen LogP contribution is 2.43. The molecule has 1 saturated heterocycles. The van der Waals surface area contributed by atoms with E-state index in [9.17, 15) is 28.7 Å². The van der Waals surface area contributed by atoms with Gasteiger partial charge in [0.2, 0.25) is 5.75 Å². The number of ether oxygens (including phenoxy) is 1. The van der Waals surface area contributed by atoms with Crippen molar-refractivity contribution < 1.29 is 28.6 Å². The first kappa shape index (κ1) is 24.9. The zero-order valence-corrected chi connectivity index (χ0v) is 20.3. The number of aromatic nitrogens is 2. The van der Waals surface area contributed by atoms with Gasteiger partial charge in [-0.3, -0.25) is 23.7 Å². The molecule has 6 rings (SSSR count). The first-order valence-electron chi connectivity index (χ1n) is 12.2. The van der Waals surface area contributed by atoms with Crippen LogP contribution < -0.4 is 16.2 Å². The lowest BCUT2D eigenvalue weighted by molar-refractivity contribution is -0.154. The minimum Gasteiger partial charge on any atom is -0.501 e. The summed E-state index contributed by atoms with van der Waals surface area (Å²) in [6, 6.07) is 5.52. The van der Waals surface area contributed by atoms with E-state index >= 15 is 0 Å². The van der Waals surface area contributed by atoms with Gasteiger partial charge < -0.3 is 25.4 Å². The number of rotatable bonds is 5. The third-order valence-electron chi connectivity index (χ3n) is 7.57. The average Bonchev–Trinajstić information content (AvgIpc) is 3.11. The van der Waals surface area contributed by atoms with Gasteiger partial charge >= 0.3 is 11.8 Å². The molecule has 1 aromatic carbocycles. The molecule has 37 heavy (non-hydrogen) atoms. The van der Waals surface area contributed by atoms with Crippen molar-refractivity contribution in [3.05, 3.63) is 57.5 Å². The SMILES string of the molecule is COC1CN(C(=O)C(=O)NC23CCC(CC2)Cn2c3nc(C(=O)NCc3ccc(F)cc3)c(O)c2=O)C1. The number of nitrogens with zero attached hydrogens (tertiary/aromatic N) is 3. The molecule has 2 bridgehead atoms. The molecule has 0 atom stereocenters. The van der Waals surface area contributed by atoms with E-state index in [0.717, 1.165) is 0 Å². The number of benzene rings is 1. The quantitative estimate of drug-likeness (QED) is 0.491. The van der Waals surface area contributed by atoms with Crippen molar-refractivity contribution in [3.8, 4) is 5.75 Å². The minimum atomic E-state index is -1.13. The number of fused-ring (bicyclic) bond motifs is 2. The predicted octanol–water partition coefficient (Wildman–Crippen LogP) is 0.391. The summed E-state index contributed by atoms with van der Waals surface area (Å²) in [7, 11) is 1.54. The summed E-state index contributed by atoms with van der Waals surface area (Å²) in [5.74, 6) is -3.21. The first-order valence-corrected chi connectivity index (χ1v) is 12.2. The van der Waals surface area contributed by atoms with Crippen LogP contribution in [0.1, 0.15) is 47.6 Å². The van der Waals surface area contributed by atoms with Gasteiger partial charge in [-0.2, -0.15) is 0 Å². The summed E-state index contributed by atoms with van der Waals surface area (Å²) < 4.78 is 19.6. The third-order valence-corrected chi connectivity index (χ3v) is 7.57. The number of aromatic hydroxyl groups is 1. The number of likely N-dealkylation sites (tertiary alicyclic amines) is 1. The summed E-state index contributed by atoms with van der Waals surface area (Å²) in [5.41, 5.74) is -1.76. The van der Waals surface area contributed by atoms with Gasteiger partial charge in [-0.25, -0.2) is 9.37 Å². The highest BCUT2D eigenvalue weighted by atomic mass is 19.1. The molecular weight excluding hydrogens is 485 g/mol. The standard InChI is InChI=1S/C25H28FN5O6/c1-37-17-12-30(13-17)23(36)21(34)29-25-8-6-15(7-9-25)11-31-22(35)19(32)18(28-24(25)31)20(33)27-10-14-2-4-16(26)5-3-14/h2-5,15,17,32H,6-13H2,1H3,(H,27,33)(H,29,34). The van der Waals surface area contributed by atoms with Crippen molar-refractivity contribution in [1.82, 2.24) is 25.1 Å². The van der Waals surface area contributed by atoms with Crippen molar-refractivity contribution >= 4 is 17.7 Å². The van der Waals surface area contributed by atoms with Gasteiger partial charge in [0.1, 0.15) is 11.6 Å². The van der Waals surface area contributed by atoms with E-state index in [-0.39, 0.29) is 24.4 Å². The van der Waals surface area contributed by atoms with E-state index in [1.54, 1.807) is 7.11 Å². The Morgan fingerprint density at radius 3 is 2.49 bits per heavy atom. The highest BCUT2D eigenvalue weighted by Gasteiger charge is 2.47. The molecule has 0 unspecified atom stereocenters. The molecule has 196 valence electrons. The molecule has 1 saturated carbocycles. The van der Waals surface area contributed by atoms with Gasteiger partial charge in [0.15, 0.2) is 5.69 Å². The molecule has 4 heterocycles. The van der Waals surface area contributed by atoms with E-state index in [4.69, 9.17) is 4.74 Å². The van der Waals surface area contributed by atoms with Crippen LogP contribution in [0.2, 0.25) is 0 Å². The summed E-state index contributed by atoms with van der Waals surface area (Å²) >= 11 is 0. The van der Waals surface area contributed by atoms with Crippen molar-refractivity contribution in [1.29, 1.82) is 0 Å². The minimum absolute atomic E-state index is 0.0232. The molecule has 2 aromatic rings. The number of carbonyl (C=O) groups excluding carboxylic acids is 3. The van der Waals surface area contributed by atoms with Crippen LogP contribution in [0.15, 0.2) is 29.1 Å². The molecular formula is C25H28FN5O6. The van der Waals surface area contributed by atoms with Gasteiger partial charge in [0.25, 0.3) is 11.5 Å². The summed E-state index contributed by atoms with van der Waals surface area (Å²) in [4.78, 5) is 57.6. The lowest BCUT2D eigenvalue weighted by Gasteiger charge is -2.40. The molecule has 1 aromatic heterocycles. The Kier molecular flexibility index (Phi) is 6.44. The fourth-order valence-electron chi connectivity index (χ4n) is 5.29. The Labute approximate surface area is 211 Å². The smallest absolute Gasteiger partial charge is 0.312 e. The van der Waals surface area contributed by atoms with Gasteiger partial charge in [-0.15, -0.1) is 0 Å². The Hall–Kier alpha value is -3.80. The second-order valence-electron chi connectivity index (χ2n) is 9.90. The van der Waals surface area contributed by atoms with E-state index in [0.29, 0.717) is 50.9 Å². The molecule has 0 spiro atoms. The monoisotopic (exact) mass is 513 g/mol. The molecule has 3 aliphatic heterocycles. The normalized spacial score (nSPS) is 22.5. The van der Waals surface area contributed by atoms with Crippen LogP contribution in [0.25, 0.3) is 0 Å². The summed E-state index contributed by atoms with van der Waals surface area (Å²) in [6.45, 7) is 0.950. The number of halogens is 1. The Balaban J connectivity index is 1.43. The molecule has 1 aliphatic carbocycles. The van der Waals surface area contributed by atoms with Crippen molar-refractivity contribution in [2.75, 3.05) is 20.2 Å².